The fourth-order valence-electron chi connectivity index (χ4n) is 2.09. The van der Waals surface area contributed by atoms with E-state index in [1.807, 2.05) is 13.8 Å². The Morgan fingerprint density at radius 2 is 1.79 bits per heavy atom. The molecule has 7 nitrogen and oxygen atoms in total. The van der Waals surface area contributed by atoms with E-state index < -0.39 is 6.04 Å². The average Bonchev–Trinajstić information content (AvgIpc) is 3.01. The number of aryl methyl sites for hydroxylation is 1. The van der Waals surface area contributed by atoms with Crippen LogP contribution < -0.4 is 16.4 Å². The second-order valence-electron chi connectivity index (χ2n) is 5.73. The summed E-state index contributed by atoms with van der Waals surface area (Å²) in [5.41, 5.74) is 7.51. The van der Waals surface area contributed by atoms with Gasteiger partial charge in [0.15, 0.2) is 0 Å². The summed E-state index contributed by atoms with van der Waals surface area (Å²) in [4.78, 5) is 24.1. The van der Waals surface area contributed by atoms with E-state index in [0.717, 1.165) is 6.42 Å². The Labute approximate surface area is 140 Å². The molecule has 0 bridgehead atoms. The molecule has 1 aromatic carbocycles. The molecule has 2 aromatic rings. The van der Waals surface area contributed by atoms with Crippen LogP contribution in [0.3, 0.4) is 0 Å². The Hall–Kier alpha value is -2.67. The molecule has 0 saturated heterocycles. The van der Waals surface area contributed by atoms with Crippen molar-refractivity contribution >= 4 is 23.2 Å². The number of benzene rings is 1. The smallest absolute Gasteiger partial charge is 0.260 e. The van der Waals surface area contributed by atoms with Crippen molar-refractivity contribution in [2.45, 2.75) is 33.2 Å². The van der Waals surface area contributed by atoms with Crippen molar-refractivity contribution in [2.24, 2.45) is 11.7 Å². The molecule has 2 atom stereocenters. The third-order valence-electron chi connectivity index (χ3n) is 3.97. The van der Waals surface area contributed by atoms with Crippen molar-refractivity contribution in [3.63, 3.8) is 0 Å². The SMILES string of the molecule is CCC(C)C(N)C(=O)Nc1ccc(NC(=O)c2cnoc2C)cc1. The van der Waals surface area contributed by atoms with Crippen molar-refractivity contribution in [2.75, 3.05) is 10.6 Å². The van der Waals surface area contributed by atoms with E-state index in [0.29, 0.717) is 22.7 Å². The molecule has 7 heteroatoms. The minimum atomic E-state index is -0.550. The summed E-state index contributed by atoms with van der Waals surface area (Å²) >= 11 is 0. The van der Waals surface area contributed by atoms with Crippen LogP contribution in [-0.2, 0) is 4.79 Å². The van der Waals surface area contributed by atoms with Crippen molar-refractivity contribution in [1.82, 2.24) is 5.16 Å². The maximum Gasteiger partial charge on any atom is 0.260 e. The van der Waals surface area contributed by atoms with Crippen LogP contribution in [0, 0.1) is 12.8 Å². The van der Waals surface area contributed by atoms with E-state index in [4.69, 9.17) is 10.3 Å². The molecule has 1 aromatic heterocycles. The largest absolute Gasteiger partial charge is 0.361 e. The third-order valence-corrected chi connectivity index (χ3v) is 3.97. The molecule has 0 fully saturated rings. The third kappa shape index (κ3) is 4.20. The van der Waals surface area contributed by atoms with Gasteiger partial charge in [0.05, 0.1) is 12.2 Å². The fourth-order valence-corrected chi connectivity index (χ4v) is 2.09. The Morgan fingerprint density at radius 3 is 2.29 bits per heavy atom. The van der Waals surface area contributed by atoms with Crippen LogP contribution in [-0.4, -0.2) is 23.0 Å². The molecule has 24 heavy (non-hydrogen) atoms. The normalized spacial score (nSPS) is 13.2. The quantitative estimate of drug-likeness (QED) is 0.754. The number of nitrogens with one attached hydrogen (secondary N) is 2. The van der Waals surface area contributed by atoms with Crippen LogP contribution in [0.25, 0.3) is 0 Å². The number of rotatable bonds is 6. The Balaban J connectivity index is 1.97. The molecule has 0 aliphatic heterocycles. The van der Waals surface area contributed by atoms with Crippen LogP contribution in [0.1, 0.15) is 36.4 Å². The molecule has 4 N–H and O–H groups in total. The van der Waals surface area contributed by atoms with Crippen LogP contribution in [0.5, 0.6) is 0 Å². The highest BCUT2D eigenvalue weighted by Gasteiger charge is 2.19. The number of amides is 2. The fraction of sp³-hybridized carbons (Fsp3) is 0.353. The summed E-state index contributed by atoms with van der Waals surface area (Å²) in [7, 11) is 0. The highest BCUT2D eigenvalue weighted by Crippen LogP contribution is 2.16. The lowest BCUT2D eigenvalue weighted by Gasteiger charge is -2.17. The summed E-state index contributed by atoms with van der Waals surface area (Å²) in [5.74, 6) is 0.0383. The highest BCUT2D eigenvalue weighted by molar-refractivity contribution is 6.04. The first-order chi connectivity index (χ1) is 11.4. The topological polar surface area (TPSA) is 110 Å². The first-order valence-corrected chi connectivity index (χ1v) is 7.81. The van der Waals surface area contributed by atoms with Crippen LogP contribution in [0.15, 0.2) is 35.0 Å². The van der Waals surface area contributed by atoms with Crippen molar-refractivity contribution < 1.29 is 14.1 Å². The lowest BCUT2D eigenvalue weighted by molar-refractivity contribution is -0.118. The summed E-state index contributed by atoms with van der Waals surface area (Å²) in [6, 6.07) is 6.26. The van der Waals surface area contributed by atoms with E-state index in [1.54, 1.807) is 31.2 Å². The predicted molar refractivity (Wildman–Crippen MR) is 91.7 cm³/mol. The zero-order valence-electron chi connectivity index (χ0n) is 14.0. The molecular weight excluding hydrogens is 308 g/mol. The average molecular weight is 330 g/mol. The Kier molecular flexibility index (Phi) is 5.70. The molecule has 0 saturated carbocycles. The van der Waals surface area contributed by atoms with E-state index >= 15 is 0 Å². The zero-order valence-corrected chi connectivity index (χ0v) is 14.0. The van der Waals surface area contributed by atoms with Gasteiger partial charge < -0.3 is 20.9 Å². The molecule has 128 valence electrons. The molecule has 2 rings (SSSR count). The van der Waals surface area contributed by atoms with Gasteiger partial charge in [-0.1, -0.05) is 25.4 Å². The Bertz CT molecular complexity index is 709. The summed E-state index contributed by atoms with van der Waals surface area (Å²) < 4.78 is 4.87. The second-order valence-corrected chi connectivity index (χ2v) is 5.73. The van der Waals surface area contributed by atoms with Crippen LogP contribution >= 0.6 is 0 Å². The van der Waals surface area contributed by atoms with E-state index in [1.165, 1.54) is 6.20 Å². The van der Waals surface area contributed by atoms with Gasteiger partial charge >= 0.3 is 0 Å². The van der Waals surface area contributed by atoms with Crippen molar-refractivity contribution in [1.29, 1.82) is 0 Å². The van der Waals surface area contributed by atoms with Gasteiger partial charge in [-0.3, -0.25) is 9.59 Å². The molecule has 0 spiro atoms. The monoisotopic (exact) mass is 330 g/mol. The van der Waals surface area contributed by atoms with E-state index in [2.05, 4.69) is 15.8 Å². The predicted octanol–water partition coefficient (Wildman–Crippen LogP) is 2.55. The second kappa shape index (κ2) is 7.74. The number of hydrogen-bond donors (Lipinski definition) is 3. The van der Waals surface area contributed by atoms with Crippen LogP contribution in [0.4, 0.5) is 11.4 Å². The van der Waals surface area contributed by atoms with Crippen LogP contribution in [0.2, 0.25) is 0 Å². The number of nitrogens with two attached hydrogens (primary N) is 1. The minimum Gasteiger partial charge on any atom is -0.361 e. The summed E-state index contributed by atoms with van der Waals surface area (Å²) in [5, 5.41) is 9.09. The van der Waals surface area contributed by atoms with Crippen molar-refractivity contribution in [3.8, 4) is 0 Å². The molecule has 0 radical (unpaired) electrons. The first-order valence-electron chi connectivity index (χ1n) is 7.81. The zero-order chi connectivity index (χ0) is 17.7. The molecule has 1 heterocycles. The maximum atomic E-state index is 12.1. The maximum absolute atomic E-state index is 12.1. The first kappa shape index (κ1) is 17.7. The minimum absolute atomic E-state index is 0.107. The number of nitrogens with zero attached hydrogens (tertiary/aromatic N) is 1. The number of carbonyl (C=O) groups excluding carboxylic acids is 2. The van der Waals surface area contributed by atoms with Gasteiger partial charge in [0.2, 0.25) is 5.91 Å². The lowest BCUT2D eigenvalue weighted by Crippen LogP contribution is -2.40. The van der Waals surface area contributed by atoms with Crippen molar-refractivity contribution in [3.05, 3.63) is 41.8 Å². The summed E-state index contributed by atoms with van der Waals surface area (Å²) in [6.07, 6.45) is 2.21. The highest BCUT2D eigenvalue weighted by atomic mass is 16.5. The van der Waals surface area contributed by atoms with Gasteiger partial charge in [0.1, 0.15) is 11.3 Å². The Morgan fingerprint density at radius 1 is 1.21 bits per heavy atom. The van der Waals surface area contributed by atoms with E-state index in [-0.39, 0.29) is 17.7 Å². The molecule has 2 amide bonds. The lowest BCUT2D eigenvalue weighted by atomic mass is 9.99. The molecule has 2 unspecified atom stereocenters. The molecule has 0 aliphatic carbocycles. The summed E-state index contributed by atoms with van der Waals surface area (Å²) in [6.45, 7) is 5.60. The van der Waals surface area contributed by atoms with Gasteiger partial charge in [-0.05, 0) is 37.1 Å². The van der Waals surface area contributed by atoms with E-state index in [9.17, 15) is 9.59 Å². The van der Waals surface area contributed by atoms with Gasteiger partial charge in [0.25, 0.3) is 5.91 Å². The molecular formula is C17H22N4O3. The van der Waals surface area contributed by atoms with Gasteiger partial charge in [-0.25, -0.2) is 0 Å². The number of aromatic nitrogens is 1. The number of anilines is 2. The van der Waals surface area contributed by atoms with Gasteiger partial charge in [-0.2, -0.15) is 0 Å². The number of hydrogen-bond acceptors (Lipinski definition) is 5. The number of carbonyl (C=O) groups is 2. The molecule has 0 aliphatic rings. The van der Waals surface area contributed by atoms with Gasteiger partial charge in [0, 0.05) is 11.4 Å². The standard InChI is InChI=1S/C17H22N4O3/c1-4-10(2)15(18)17(23)21-13-7-5-12(6-8-13)20-16(22)14-9-19-24-11(14)3/h5-10,15H,4,18H2,1-3H3,(H,20,22)(H,21,23). The van der Waals surface area contributed by atoms with Gasteiger partial charge in [-0.15, -0.1) is 0 Å².